The number of ketones is 1. The Hall–Kier alpha value is -4.18. The van der Waals surface area contributed by atoms with E-state index in [4.69, 9.17) is 18.6 Å². The van der Waals surface area contributed by atoms with Crippen LogP contribution in [0, 0.1) is 13.8 Å². The van der Waals surface area contributed by atoms with E-state index in [1.165, 1.54) is 18.3 Å². The number of methoxy groups -OCH3 is 1. The fourth-order valence-electron chi connectivity index (χ4n) is 3.57. The van der Waals surface area contributed by atoms with Gasteiger partial charge in [-0.05, 0) is 55.3 Å². The zero-order valence-electron chi connectivity index (χ0n) is 20.3. The van der Waals surface area contributed by atoms with Gasteiger partial charge in [0.25, 0.3) is 11.8 Å². The van der Waals surface area contributed by atoms with Gasteiger partial charge in [0.15, 0.2) is 24.7 Å². The van der Waals surface area contributed by atoms with Crippen molar-refractivity contribution in [3.05, 3.63) is 70.9 Å². The number of amides is 2. The van der Waals surface area contributed by atoms with Crippen LogP contribution in [0.3, 0.4) is 0 Å². The summed E-state index contributed by atoms with van der Waals surface area (Å²) in [6.45, 7) is 4.33. The van der Waals surface area contributed by atoms with Gasteiger partial charge in [-0.2, -0.15) is 0 Å². The molecule has 0 saturated carbocycles. The molecule has 188 valence electrons. The van der Waals surface area contributed by atoms with Gasteiger partial charge in [-0.1, -0.05) is 6.07 Å². The molecule has 1 N–H and O–H groups in total. The number of rotatable bonds is 10. The SMILES string of the molecule is COCCNC(=O)c1coc(CN2C(=O)COc3ccc(C(=O)COc4ccc(C)c(C)c4)cc32)n1. The van der Waals surface area contributed by atoms with Gasteiger partial charge < -0.3 is 23.9 Å². The summed E-state index contributed by atoms with van der Waals surface area (Å²) in [5, 5.41) is 2.65. The zero-order chi connectivity index (χ0) is 25.7. The highest BCUT2D eigenvalue weighted by atomic mass is 16.5. The van der Waals surface area contributed by atoms with Crippen molar-refractivity contribution in [2.24, 2.45) is 0 Å². The second-order valence-corrected chi connectivity index (χ2v) is 8.28. The van der Waals surface area contributed by atoms with Gasteiger partial charge in [-0.3, -0.25) is 19.3 Å². The molecule has 0 radical (unpaired) electrons. The molecule has 0 spiro atoms. The fraction of sp³-hybridized carbons (Fsp3) is 0.308. The van der Waals surface area contributed by atoms with Crippen molar-refractivity contribution in [1.82, 2.24) is 10.3 Å². The van der Waals surface area contributed by atoms with Crippen LogP contribution in [-0.4, -0.2) is 56.1 Å². The van der Waals surface area contributed by atoms with Gasteiger partial charge in [0.2, 0.25) is 5.89 Å². The summed E-state index contributed by atoms with van der Waals surface area (Å²) in [6, 6.07) is 10.5. The summed E-state index contributed by atoms with van der Waals surface area (Å²) in [5.74, 6) is 0.235. The monoisotopic (exact) mass is 493 g/mol. The van der Waals surface area contributed by atoms with E-state index >= 15 is 0 Å². The molecule has 0 unspecified atom stereocenters. The molecule has 1 aliphatic rings. The highest BCUT2D eigenvalue weighted by Gasteiger charge is 2.28. The highest BCUT2D eigenvalue weighted by molar-refractivity contribution is 6.02. The van der Waals surface area contributed by atoms with Crippen LogP contribution in [0.25, 0.3) is 0 Å². The maximum atomic E-state index is 12.8. The van der Waals surface area contributed by atoms with Crippen LogP contribution in [0.15, 0.2) is 47.1 Å². The number of oxazole rings is 1. The molecule has 0 atom stereocenters. The molecule has 2 amide bonds. The minimum absolute atomic E-state index is 0.0304. The van der Waals surface area contributed by atoms with E-state index < -0.39 is 5.91 Å². The molecule has 1 aromatic heterocycles. The molecule has 2 aromatic carbocycles. The van der Waals surface area contributed by atoms with E-state index in [0.29, 0.717) is 35.9 Å². The predicted molar refractivity (Wildman–Crippen MR) is 130 cm³/mol. The lowest BCUT2D eigenvalue weighted by Crippen LogP contribution is -2.38. The Kier molecular flexibility index (Phi) is 7.65. The van der Waals surface area contributed by atoms with Crippen LogP contribution in [0.4, 0.5) is 5.69 Å². The lowest BCUT2D eigenvalue weighted by Gasteiger charge is -2.28. The normalized spacial score (nSPS) is 12.6. The third-order valence-electron chi connectivity index (χ3n) is 5.74. The Morgan fingerprint density at radius 1 is 1.14 bits per heavy atom. The molecule has 10 heteroatoms. The molecule has 0 aliphatic carbocycles. The van der Waals surface area contributed by atoms with Crippen LogP contribution in [-0.2, 0) is 16.1 Å². The lowest BCUT2D eigenvalue weighted by atomic mass is 10.1. The molecule has 10 nitrogen and oxygen atoms in total. The van der Waals surface area contributed by atoms with E-state index in [1.807, 2.05) is 32.0 Å². The largest absolute Gasteiger partial charge is 0.485 e. The number of Topliss-reactive ketones (excluding diaryl/α,β-unsaturated/α-hetero) is 1. The fourth-order valence-corrected chi connectivity index (χ4v) is 3.57. The average molecular weight is 494 g/mol. The number of hydrogen-bond donors (Lipinski definition) is 1. The van der Waals surface area contributed by atoms with Crippen LogP contribution in [0.1, 0.15) is 37.9 Å². The Balaban J connectivity index is 1.47. The topological polar surface area (TPSA) is 120 Å². The summed E-state index contributed by atoms with van der Waals surface area (Å²) in [7, 11) is 1.54. The molecular weight excluding hydrogens is 466 g/mol. The molecule has 0 bridgehead atoms. The Morgan fingerprint density at radius 2 is 1.97 bits per heavy atom. The first-order chi connectivity index (χ1) is 17.4. The van der Waals surface area contributed by atoms with Gasteiger partial charge in [0, 0.05) is 19.2 Å². The summed E-state index contributed by atoms with van der Waals surface area (Å²) < 4.78 is 21.5. The zero-order valence-corrected chi connectivity index (χ0v) is 20.3. The third kappa shape index (κ3) is 5.72. The van der Waals surface area contributed by atoms with Crippen molar-refractivity contribution >= 4 is 23.3 Å². The first kappa shape index (κ1) is 24.9. The molecule has 2 heterocycles. The number of ether oxygens (including phenoxy) is 3. The van der Waals surface area contributed by atoms with Gasteiger partial charge in [-0.25, -0.2) is 4.98 Å². The van der Waals surface area contributed by atoms with Gasteiger partial charge in [0.1, 0.15) is 24.3 Å². The Bertz CT molecular complexity index is 1280. The first-order valence-electron chi connectivity index (χ1n) is 11.4. The number of aromatic nitrogens is 1. The number of fused-ring (bicyclic) bond motifs is 1. The van der Waals surface area contributed by atoms with Crippen molar-refractivity contribution in [3.8, 4) is 11.5 Å². The van der Waals surface area contributed by atoms with Crippen LogP contribution in [0.5, 0.6) is 11.5 Å². The number of aryl methyl sites for hydroxylation is 2. The van der Waals surface area contributed by atoms with E-state index in [0.717, 1.165) is 11.1 Å². The van der Waals surface area contributed by atoms with E-state index in [2.05, 4.69) is 10.3 Å². The van der Waals surface area contributed by atoms with Crippen molar-refractivity contribution in [3.63, 3.8) is 0 Å². The molecule has 4 rings (SSSR count). The third-order valence-corrected chi connectivity index (χ3v) is 5.74. The van der Waals surface area contributed by atoms with E-state index in [1.54, 1.807) is 18.2 Å². The number of carbonyl (C=O) groups is 3. The average Bonchev–Trinajstić information content (AvgIpc) is 3.35. The molecule has 1 aliphatic heterocycles. The van der Waals surface area contributed by atoms with E-state index in [9.17, 15) is 14.4 Å². The summed E-state index contributed by atoms with van der Waals surface area (Å²) in [5.41, 5.74) is 3.08. The van der Waals surface area contributed by atoms with Crippen LogP contribution < -0.4 is 19.7 Å². The summed E-state index contributed by atoms with van der Waals surface area (Å²) >= 11 is 0. The number of anilines is 1. The molecule has 3 aromatic rings. The maximum Gasteiger partial charge on any atom is 0.273 e. The van der Waals surface area contributed by atoms with Crippen molar-refractivity contribution in [1.29, 1.82) is 0 Å². The number of nitrogens with zero attached hydrogens (tertiary/aromatic N) is 2. The number of benzene rings is 2. The second-order valence-electron chi connectivity index (χ2n) is 8.28. The van der Waals surface area contributed by atoms with Crippen molar-refractivity contribution in [2.75, 3.05) is 38.4 Å². The number of hydrogen-bond acceptors (Lipinski definition) is 8. The molecule has 36 heavy (non-hydrogen) atoms. The summed E-state index contributed by atoms with van der Waals surface area (Å²) in [6.07, 6.45) is 1.23. The molecule has 0 saturated heterocycles. The van der Waals surface area contributed by atoms with Crippen LogP contribution >= 0.6 is 0 Å². The first-order valence-corrected chi connectivity index (χ1v) is 11.4. The van der Waals surface area contributed by atoms with E-state index in [-0.39, 0.29) is 43.0 Å². The summed E-state index contributed by atoms with van der Waals surface area (Å²) in [4.78, 5) is 43.3. The number of nitrogens with one attached hydrogen (secondary N) is 1. The minimum Gasteiger partial charge on any atom is -0.485 e. The molecule has 0 fully saturated rings. The predicted octanol–water partition coefficient (Wildman–Crippen LogP) is 2.85. The minimum atomic E-state index is -0.410. The lowest BCUT2D eigenvalue weighted by molar-refractivity contribution is -0.121. The second kappa shape index (κ2) is 11.0. The van der Waals surface area contributed by atoms with Crippen molar-refractivity contribution in [2.45, 2.75) is 20.4 Å². The van der Waals surface area contributed by atoms with Gasteiger partial charge in [-0.15, -0.1) is 0 Å². The highest BCUT2D eigenvalue weighted by Crippen LogP contribution is 2.34. The van der Waals surface area contributed by atoms with Crippen molar-refractivity contribution < 1.29 is 33.0 Å². The quantitative estimate of drug-likeness (QED) is 0.338. The van der Waals surface area contributed by atoms with Gasteiger partial charge in [0.05, 0.1) is 12.3 Å². The molecular formula is C26H27N3O7. The maximum absolute atomic E-state index is 12.8. The van der Waals surface area contributed by atoms with Gasteiger partial charge >= 0.3 is 0 Å². The Morgan fingerprint density at radius 3 is 2.75 bits per heavy atom. The number of carbonyl (C=O) groups excluding carboxylic acids is 3. The smallest absolute Gasteiger partial charge is 0.273 e. The van der Waals surface area contributed by atoms with Crippen LogP contribution in [0.2, 0.25) is 0 Å². The standard InChI is InChI=1S/C26H27N3O7/c1-16-4-6-19(10-17(16)2)34-14-22(30)18-5-7-23-21(11-18)29(25(31)15-35-23)12-24-28-20(13-36-24)26(32)27-8-9-33-3/h4-7,10-11,13H,8-9,12,14-15H2,1-3H3,(H,27,32). The Labute approximate surface area is 208 Å².